The number of hydrogen-bond acceptors (Lipinski definition) is 10. The summed E-state index contributed by atoms with van der Waals surface area (Å²) in [6, 6.07) is -1.05. The third kappa shape index (κ3) is 11.8. The minimum atomic E-state index is -1.21. The Hall–Kier alpha value is -2.75. The van der Waals surface area contributed by atoms with Crippen LogP contribution in [0.25, 0.3) is 0 Å². The van der Waals surface area contributed by atoms with Crippen LogP contribution in [0.3, 0.4) is 0 Å². The molecule has 1 aliphatic heterocycles. The second-order valence-electron chi connectivity index (χ2n) is 7.22. The molecule has 36 heavy (non-hydrogen) atoms. The Kier molecular flexibility index (Phi) is 18.2. The number of aliphatic hydroxyl groups is 2. The van der Waals surface area contributed by atoms with Crippen molar-refractivity contribution in [2.24, 2.45) is 0 Å². The van der Waals surface area contributed by atoms with E-state index in [0.717, 1.165) is 16.7 Å². The number of carboxylic acid groups (broad SMARTS) is 1. The van der Waals surface area contributed by atoms with E-state index in [1.165, 1.54) is 11.9 Å². The average Bonchev–Trinajstić information content (AvgIpc) is 3.06. The number of carbonyl (C=O) groups is 6. The van der Waals surface area contributed by atoms with E-state index < -0.39 is 54.0 Å². The summed E-state index contributed by atoms with van der Waals surface area (Å²) < 4.78 is 0. The van der Waals surface area contributed by atoms with Gasteiger partial charge in [0.15, 0.2) is 0 Å². The number of rotatable bonds is 16. The zero-order valence-corrected chi connectivity index (χ0v) is 19.6. The minimum absolute atomic E-state index is 0. The van der Waals surface area contributed by atoms with Gasteiger partial charge in [-0.15, -0.1) is 11.8 Å². The number of nitrogens with one attached hydrogen (secondary N) is 3. The fraction of sp³-hybridized carbons (Fsp3) is 0.714. The summed E-state index contributed by atoms with van der Waals surface area (Å²) in [7, 11) is 1.43. The predicted octanol–water partition coefficient (Wildman–Crippen LogP) is -2.77. The van der Waals surface area contributed by atoms with Crippen LogP contribution in [-0.2, 0) is 28.8 Å². The van der Waals surface area contributed by atoms with Gasteiger partial charge in [0, 0.05) is 45.3 Å². The lowest BCUT2D eigenvalue weighted by molar-refractivity contribution is -0.140. The molecule has 0 aliphatic carbocycles. The molecule has 2 atom stereocenters. The van der Waals surface area contributed by atoms with Crippen molar-refractivity contribution in [3.05, 3.63) is 0 Å². The molecular weight excluding hydrogens is 498 g/mol. The first-order valence-corrected chi connectivity index (χ1v) is 11.6. The molecule has 0 aromatic rings. The Bertz CT molecular complexity index is 768. The van der Waals surface area contributed by atoms with Crippen molar-refractivity contribution < 1.29 is 44.1 Å². The number of carbonyl (C=O) groups excluding carboxylic acids is 5. The minimum Gasteiger partial charge on any atom is -0.480 e. The largest absolute Gasteiger partial charge is 0.480 e. The van der Waals surface area contributed by atoms with Gasteiger partial charge < -0.3 is 31.3 Å². The third-order valence-electron chi connectivity index (χ3n) is 4.85. The second kappa shape index (κ2) is 18.5. The first-order valence-electron chi connectivity index (χ1n) is 10.5. The topological polar surface area (TPSA) is 206 Å². The van der Waals surface area contributed by atoms with Crippen molar-refractivity contribution in [1.29, 1.82) is 0 Å². The molecule has 1 heterocycles. The van der Waals surface area contributed by atoms with E-state index >= 15 is 0 Å². The van der Waals surface area contributed by atoms with Gasteiger partial charge in [-0.2, -0.15) is 0 Å². The van der Waals surface area contributed by atoms with Crippen molar-refractivity contribution >= 4 is 47.3 Å². The SMILES string of the molecule is C.C.CNC(=O)CN(CCO)C(CO)C(=O)NCCSC1CC(=O)N(CCC(=O)NCC(=O)O)C1=O. The zero-order valence-electron chi connectivity index (χ0n) is 18.8. The van der Waals surface area contributed by atoms with Crippen molar-refractivity contribution in [3.8, 4) is 0 Å². The van der Waals surface area contributed by atoms with Crippen LogP contribution < -0.4 is 16.0 Å². The highest BCUT2D eigenvalue weighted by atomic mass is 32.2. The Morgan fingerprint density at radius 3 is 2.36 bits per heavy atom. The quantitative estimate of drug-likeness (QED) is 0.0877. The lowest BCUT2D eigenvalue weighted by Crippen LogP contribution is -2.53. The highest BCUT2D eigenvalue weighted by Gasteiger charge is 2.38. The summed E-state index contributed by atoms with van der Waals surface area (Å²) in [6.07, 6.45) is -0.259. The van der Waals surface area contributed by atoms with Crippen LogP contribution in [0.5, 0.6) is 0 Å². The maximum absolute atomic E-state index is 12.4. The molecule has 1 aliphatic rings. The van der Waals surface area contributed by atoms with E-state index in [1.54, 1.807) is 0 Å². The molecule has 208 valence electrons. The average molecular weight is 538 g/mol. The third-order valence-corrected chi connectivity index (χ3v) is 6.06. The lowest BCUT2D eigenvalue weighted by atomic mass is 10.2. The fourth-order valence-electron chi connectivity index (χ4n) is 3.09. The summed E-state index contributed by atoms with van der Waals surface area (Å²) in [5, 5.41) is 33.8. The molecule has 0 bridgehead atoms. The van der Waals surface area contributed by atoms with Crippen molar-refractivity contribution in [3.63, 3.8) is 0 Å². The maximum atomic E-state index is 12.4. The summed E-state index contributed by atoms with van der Waals surface area (Å²) in [5.74, 6) is -3.34. The van der Waals surface area contributed by atoms with E-state index in [0.29, 0.717) is 0 Å². The summed E-state index contributed by atoms with van der Waals surface area (Å²) in [5.41, 5.74) is 0. The van der Waals surface area contributed by atoms with Crippen LogP contribution in [0.4, 0.5) is 0 Å². The summed E-state index contributed by atoms with van der Waals surface area (Å²) >= 11 is 1.16. The highest BCUT2D eigenvalue weighted by molar-refractivity contribution is 8.00. The van der Waals surface area contributed by atoms with Crippen molar-refractivity contribution in [2.75, 3.05) is 58.7 Å². The number of amides is 5. The number of aliphatic hydroxyl groups excluding tert-OH is 2. The van der Waals surface area contributed by atoms with Gasteiger partial charge in [0.1, 0.15) is 12.6 Å². The Balaban J connectivity index is 0. The fourth-order valence-corrected chi connectivity index (χ4v) is 4.12. The van der Waals surface area contributed by atoms with Gasteiger partial charge in [0.05, 0.1) is 25.0 Å². The predicted molar refractivity (Wildman–Crippen MR) is 133 cm³/mol. The molecule has 1 fully saturated rings. The molecule has 0 saturated carbocycles. The van der Waals surface area contributed by atoms with Crippen LogP contribution in [0.1, 0.15) is 27.7 Å². The first-order chi connectivity index (χ1) is 16.1. The number of carboxylic acids is 1. The van der Waals surface area contributed by atoms with Crippen LogP contribution in [0.15, 0.2) is 0 Å². The molecule has 0 radical (unpaired) electrons. The molecule has 0 aromatic heterocycles. The molecular formula is C21H39N5O9S. The van der Waals surface area contributed by atoms with E-state index in [2.05, 4.69) is 16.0 Å². The molecule has 0 spiro atoms. The molecule has 6 N–H and O–H groups in total. The van der Waals surface area contributed by atoms with Crippen LogP contribution in [0.2, 0.25) is 0 Å². The van der Waals surface area contributed by atoms with Gasteiger partial charge in [-0.1, -0.05) is 14.9 Å². The van der Waals surface area contributed by atoms with E-state index in [9.17, 15) is 33.9 Å². The molecule has 1 rings (SSSR count). The van der Waals surface area contributed by atoms with E-state index in [-0.39, 0.29) is 72.1 Å². The standard InChI is InChI=1S/C19H31N5O9S.2CH4/c1-20-15(28)10-23(5-6-25)12(11-26)18(32)21-3-7-34-13-8-16(29)24(19(13)33)4-2-14(27)22-9-17(30)31;;/h12-13,25-26H,2-11H2,1H3,(H,20,28)(H,21,32)(H,22,27)(H,30,31);2*1H4. The summed E-state index contributed by atoms with van der Waals surface area (Å²) in [6.45, 7) is -1.64. The second-order valence-corrected chi connectivity index (χ2v) is 8.53. The molecule has 5 amide bonds. The van der Waals surface area contributed by atoms with E-state index in [4.69, 9.17) is 10.2 Å². The number of nitrogens with zero attached hydrogens (tertiary/aromatic N) is 2. The first kappa shape index (κ1) is 35.4. The molecule has 0 aromatic carbocycles. The molecule has 14 nitrogen and oxygen atoms in total. The molecule has 15 heteroatoms. The number of thioether (sulfide) groups is 1. The van der Waals surface area contributed by atoms with Crippen LogP contribution in [0, 0.1) is 0 Å². The van der Waals surface area contributed by atoms with Gasteiger partial charge in [-0.3, -0.25) is 38.6 Å². The monoisotopic (exact) mass is 537 g/mol. The molecule has 2 unspecified atom stereocenters. The highest BCUT2D eigenvalue weighted by Crippen LogP contribution is 2.25. The van der Waals surface area contributed by atoms with E-state index in [1.807, 2.05) is 0 Å². The van der Waals surface area contributed by atoms with Crippen LogP contribution >= 0.6 is 11.8 Å². The van der Waals surface area contributed by atoms with Gasteiger partial charge in [-0.05, 0) is 0 Å². The number of imide groups is 1. The Morgan fingerprint density at radius 2 is 1.81 bits per heavy atom. The van der Waals surface area contributed by atoms with Crippen molar-refractivity contribution in [2.45, 2.75) is 39.0 Å². The number of likely N-dealkylation sites (tertiary alicyclic amines) is 1. The maximum Gasteiger partial charge on any atom is 0.322 e. The Morgan fingerprint density at radius 1 is 1.14 bits per heavy atom. The number of hydrogen-bond donors (Lipinski definition) is 6. The molecule has 1 saturated heterocycles. The number of aliphatic carboxylic acids is 1. The number of likely N-dealkylation sites (N-methyl/N-ethyl adjacent to an activating group) is 1. The lowest BCUT2D eigenvalue weighted by Gasteiger charge is -2.28. The van der Waals surface area contributed by atoms with Crippen molar-refractivity contribution in [1.82, 2.24) is 25.8 Å². The normalized spacial score (nSPS) is 15.6. The van der Waals surface area contributed by atoms with Crippen LogP contribution in [-0.4, -0.2) is 131 Å². The van der Waals surface area contributed by atoms with Gasteiger partial charge >= 0.3 is 5.97 Å². The van der Waals surface area contributed by atoms with Gasteiger partial charge in [0.2, 0.25) is 29.5 Å². The van der Waals surface area contributed by atoms with Gasteiger partial charge in [-0.25, -0.2) is 0 Å². The zero-order chi connectivity index (χ0) is 25.7. The van der Waals surface area contributed by atoms with Gasteiger partial charge in [0.25, 0.3) is 0 Å². The summed E-state index contributed by atoms with van der Waals surface area (Å²) in [4.78, 5) is 72.9. The smallest absolute Gasteiger partial charge is 0.322 e. The Labute approximate surface area is 215 Å².